The third-order valence-electron chi connectivity index (χ3n) is 4.21. The summed E-state index contributed by atoms with van der Waals surface area (Å²) in [7, 11) is 0. The molecule has 2 amide bonds. The highest BCUT2D eigenvalue weighted by molar-refractivity contribution is 5.92. The Morgan fingerprint density at radius 3 is 2.65 bits per heavy atom. The van der Waals surface area contributed by atoms with Crippen molar-refractivity contribution in [2.24, 2.45) is 5.73 Å². The molecular weight excluding hydrogens is 340 g/mol. The van der Waals surface area contributed by atoms with E-state index >= 15 is 0 Å². The fourth-order valence-corrected chi connectivity index (χ4v) is 2.87. The van der Waals surface area contributed by atoms with Gasteiger partial charge < -0.3 is 19.8 Å². The first-order valence-electron chi connectivity index (χ1n) is 8.19. The van der Waals surface area contributed by atoms with Gasteiger partial charge in [0.15, 0.2) is 6.61 Å². The third kappa shape index (κ3) is 3.88. The molecule has 1 aliphatic rings. The van der Waals surface area contributed by atoms with Gasteiger partial charge in [-0.1, -0.05) is 0 Å². The summed E-state index contributed by atoms with van der Waals surface area (Å²) < 4.78 is 10.1. The number of benzene rings is 1. The van der Waals surface area contributed by atoms with Gasteiger partial charge in [-0.2, -0.15) is 0 Å². The molecule has 9 heteroatoms. The monoisotopic (exact) mass is 358 g/mol. The molecule has 0 saturated carbocycles. The fourth-order valence-electron chi connectivity index (χ4n) is 2.87. The van der Waals surface area contributed by atoms with Crippen LogP contribution in [0.1, 0.15) is 29.6 Å². The van der Waals surface area contributed by atoms with Gasteiger partial charge in [-0.15, -0.1) is 10.2 Å². The number of hydrogen-bond acceptors (Lipinski definition) is 7. The summed E-state index contributed by atoms with van der Waals surface area (Å²) in [5.41, 5.74) is 6.28. The van der Waals surface area contributed by atoms with Gasteiger partial charge in [0.1, 0.15) is 6.04 Å². The molecule has 2 heterocycles. The Bertz CT molecular complexity index is 788. The van der Waals surface area contributed by atoms with Crippen LogP contribution in [0.25, 0.3) is 11.5 Å². The first-order valence-corrected chi connectivity index (χ1v) is 8.19. The minimum Gasteiger partial charge on any atom is -0.452 e. The molecule has 0 unspecified atom stereocenters. The molecule has 0 aliphatic carbocycles. The lowest BCUT2D eigenvalue weighted by Crippen LogP contribution is -2.51. The van der Waals surface area contributed by atoms with Crippen LogP contribution in [0, 0.1) is 0 Å². The summed E-state index contributed by atoms with van der Waals surface area (Å²) in [6.45, 7) is -0.00308. The molecule has 2 N–H and O–H groups in total. The molecule has 1 aromatic heterocycles. The highest BCUT2D eigenvalue weighted by Gasteiger charge is 2.31. The number of rotatable bonds is 5. The molecule has 1 aliphatic heterocycles. The normalized spacial score (nSPS) is 16.9. The van der Waals surface area contributed by atoms with Crippen molar-refractivity contribution in [2.45, 2.75) is 25.3 Å². The Kier molecular flexibility index (Phi) is 5.26. The SMILES string of the molecule is NC(=O)[C@H]1CCCCN1C(=O)COC(=O)c1ccc(-c2nnco2)cc1. The average molecular weight is 358 g/mol. The van der Waals surface area contributed by atoms with Crippen molar-refractivity contribution >= 4 is 17.8 Å². The van der Waals surface area contributed by atoms with Gasteiger partial charge >= 0.3 is 5.97 Å². The van der Waals surface area contributed by atoms with E-state index in [2.05, 4.69) is 10.2 Å². The third-order valence-corrected chi connectivity index (χ3v) is 4.21. The van der Waals surface area contributed by atoms with Crippen LogP contribution in [0.3, 0.4) is 0 Å². The zero-order valence-electron chi connectivity index (χ0n) is 14.0. The average Bonchev–Trinajstić information content (AvgIpc) is 3.20. The summed E-state index contributed by atoms with van der Waals surface area (Å²) in [5, 5.41) is 7.36. The van der Waals surface area contributed by atoms with Crippen molar-refractivity contribution in [1.29, 1.82) is 0 Å². The number of ether oxygens (including phenoxy) is 1. The smallest absolute Gasteiger partial charge is 0.338 e. The maximum atomic E-state index is 12.3. The minimum absolute atomic E-state index is 0.283. The van der Waals surface area contributed by atoms with Crippen LogP contribution in [0.2, 0.25) is 0 Å². The van der Waals surface area contributed by atoms with E-state index in [0.717, 1.165) is 12.8 Å². The predicted octanol–water partition coefficient (Wildman–Crippen LogP) is 0.760. The number of piperidine rings is 1. The van der Waals surface area contributed by atoms with Crippen LogP contribution < -0.4 is 5.73 Å². The predicted molar refractivity (Wildman–Crippen MR) is 88.6 cm³/mol. The molecule has 0 spiro atoms. The van der Waals surface area contributed by atoms with Crippen molar-refractivity contribution in [3.8, 4) is 11.5 Å². The number of amides is 2. The number of nitrogens with zero attached hydrogens (tertiary/aromatic N) is 3. The fraction of sp³-hybridized carbons (Fsp3) is 0.353. The van der Waals surface area contributed by atoms with Gasteiger partial charge in [0.05, 0.1) is 5.56 Å². The van der Waals surface area contributed by atoms with Gasteiger partial charge in [0, 0.05) is 12.1 Å². The molecule has 2 aromatic rings. The van der Waals surface area contributed by atoms with Crippen molar-refractivity contribution in [1.82, 2.24) is 15.1 Å². The van der Waals surface area contributed by atoms with E-state index in [1.54, 1.807) is 24.3 Å². The van der Waals surface area contributed by atoms with Crippen LogP contribution in [0.15, 0.2) is 35.1 Å². The zero-order valence-corrected chi connectivity index (χ0v) is 14.0. The minimum atomic E-state index is -0.636. The molecule has 1 atom stereocenters. The zero-order chi connectivity index (χ0) is 18.5. The first kappa shape index (κ1) is 17.6. The summed E-state index contributed by atoms with van der Waals surface area (Å²) in [6.07, 6.45) is 3.37. The van der Waals surface area contributed by atoms with E-state index in [-0.39, 0.29) is 5.56 Å². The van der Waals surface area contributed by atoms with E-state index in [9.17, 15) is 14.4 Å². The second-order valence-corrected chi connectivity index (χ2v) is 5.90. The molecule has 26 heavy (non-hydrogen) atoms. The second kappa shape index (κ2) is 7.77. The topological polar surface area (TPSA) is 129 Å². The van der Waals surface area contributed by atoms with Crippen molar-refractivity contribution in [2.75, 3.05) is 13.2 Å². The molecule has 1 saturated heterocycles. The van der Waals surface area contributed by atoms with Crippen molar-refractivity contribution < 1.29 is 23.5 Å². The Morgan fingerprint density at radius 1 is 1.23 bits per heavy atom. The van der Waals surface area contributed by atoms with E-state index < -0.39 is 30.4 Å². The molecule has 1 fully saturated rings. The summed E-state index contributed by atoms with van der Waals surface area (Å²) in [6, 6.07) is 5.72. The van der Waals surface area contributed by atoms with Crippen molar-refractivity contribution in [3.63, 3.8) is 0 Å². The number of carbonyl (C=O) groups excluding carboxylic acids is 3. The maximum Gasteiger partial charge on any atom is 0.338 e. The summed E-state index contributed by atoms with van der Waals surface area (Å²) in [4.78, 5) is 37.2. The molecule has 0 bridgehead atoms. The Hall–Kier alpha value is -3.23. The van der Waals surface area contributed by atoms with Crippen LogP contribution in [0.4, 0.5) is 0 Å². The number of aromatic nitrogens is 2. The van der Waals surface area contributed by atoms with Gasteiger partial charge in [0.25, 0.3) is 5.91 Å². The van der Waals surface area contributed by atoms with Crippen molar-refractivity contribution in [3.05, 3.63) is 36.2 Å². The van der Waals surface area contributed by atoms with Crippen LogP contribution in [-0.4, -0.2) is 52.1 Å². The quantitative estimate of drug-likeness (QED) is 0.781. The lowest BCUT2D eigenvalue weighted by Gasteiger charge is -2.33. The first-order chi connectivity index (χ1) is 12.6. The Balaban J connectivity index is 1.58. The number of carbonyl (C=O) groups is 3. The number of likely N-dealkylation sites (tertiary alicyclic amines) is 1. The number of nitrogens with two attached hydrogens (primary N) is 1. The Morgan fingerprint density at radius 2 is 2.00 bits per heavy atom. The van der Waals surface area contributed by atoms with Gasteiger partial charge in [-0.3, -0.25) is 9.59 Å². The number of hydrogen-bond donors (Lipinski definition) is 1. The molecule has 0 radical (unpaired) electrons. The number of esters is 1. The summed E-state index contributed by atoms with van der Waals surface area (Å²) >= 11 is 0. The maximum absolute atomic E-state index is 12.3. The summed E-state index contributed by atoms with van der Waals surface area (Å²) in [5.74, 6) is -1.27. The second-order valence-electron chi connectivity index (χ2n) is 5.90. The molecule has 3 rings (SSSR count). The number of primary amides is 1. The van der Waals surface area contributed by atoms with E-state index in [1.165, 1.54) is 11.3 Å². The highest BCUT2D eigenvalue weighted by Crippen LogP contribution is 2.18. The van der Waals surface area contributed by atoms with Crippen LogP contribution in [-0.2, 0) is 14.3 Å². The lowest BCUT2D eigenvalue weighted by atomic mass is 10.0. The lowest BCUT2D eigenvalue weighted by molar-refractivity contribution is -0.143. The van der Waals surface area contributed by atoms with E-state index in [0.29, 0.717) is 24.4 Å². The van der Waals surface area contributed by atoms with Crippen LogP contribution in [0.5, 0.6) is 0 Å². The standard InChI is InChI=1S/C17H18N4O5/c18-15(23)13-3-1-2-8-21(13)14(22)9-25-17(24)12-6-4-11(5-7-12)16-20-19-10-26-16/h4-7,10,13H,1-3,8-9H2,(H2,18,23)/t13-/m1/s1. The van der Waals surface area contributed by atoms with Gasteiger partial charge in [-0.05, 0) is 43.5 Å². The van der Waals surface area contributed by atoms with Gasteiger partial charge in [0.2, 0.25) is 18.2 Å². The molecule has 9 nitrogen and oxygen atoms in total. The molecule has 1 aromatic carbocycles. The highest BCUT2D eigenvalue weighted by atomic mass is 16.5. The molecular formula is C17H18N4O5. The largest absolute Gasteiger partial charge is 0.452 e. The molecule has 136 valence electrons. The Labute approximate surface area is 149 Å². The van der Waals surface area contributed by atoms with E-state index in [1.807, 2.05) is 0 Å². The van der Waals surface area contributed by atoms with Gasteiger partial charge in [-0.25, -0.2) is 4.79 Å². The van der Waals surface area contributed by atoms with Crippen LogP contribution >= 0.6 is 0 Å². The van der Waals surface area contributed by atoms with E-state index in [4.69, 9.17) is 14.9 Å².